The first-order valence-electron chi connectivity index (χ1n) is 5.19. The van der Waals surface area contributed by atoms with Gasteiger partial charge in [-0.2, -0.15) is 9.97 Å². The predicted molar refractivity (Wildman–Crippen MR) is 62.0 cm³/mol. The van der Waals surface area contributed by atoms with Gasteiger partial charge in [-0.3, -0.25) is 0 Å². The summed E-state index contributed by atoms with van der Waals surface area (Å²) in [5.74, 6) is 0.549. The Labute approximate surface area is 94.2 Å². The van der Waals surface area contributed by atoms with Gasteiger partial charge in [-0.1, -0.05) is 6.07 Å². The van der Waals surface area contributed by atoms with Gasteiger partial charge in [0.15, 0.2) is 0 Å². The van der Waals surface area contributed by atoms with Crippen LogP contribution in [0.3, 0.4) is 0 Å². The highest BCUT2D eigenvalue weighted by Gasteiger charge is 2.08. The Balaban J connectivity index is 2.63. The summed E-state index contributed by atoms with van der Waals surface area (Å²) in [6.07, 6.45) is 0. The minimum absolute atomic E-state index is 0.359. The molecule has 2 aromatic rings. The summed E-state index contributed by atoms with van der Waals surface area (Å²) >= 11 is 0. The first kappa shape index (κ1) is 10.7. The van der Waals surface area contributed by atoms with E-state index in [0.29, 0.717) is 18.5 Å². The van der Waals surface area contributed by atoms with Crippen LogP contribution in [0.1, 0.15) is 12.5 Å². The van der Waals surface area contributed by atoms with Gasteiger partial charge in [-0.05, 0) is 31.5 Å². The van der Waals surface area contributed by atoms with Gasteiger partial charge in [0.2, 0.25) is 5.88 Å². The van der Waals surface area contributed by atoms with Crippen LogP contribution in [0.15, 0.2) is 18.2 Å². The number of ether oxygens (including phenoxy) is 2. The van der Waals surface area contributed by atoms with Gasteiger partial charge in [-0.25, -0.2) is 0 Å². The third-order valence-electron chi connectivity index (χ3n) is 2.26. The van der Waals surface area contributed by atoms with E-state index in [2.05, 4.69) is 9.97 Å². The zero-order valence-electron chi connectivity index (χ0n) is 9.65. The topological polar surface area (TPSA) is 44.2 Å². The highest BCUT2D eigenvalue weighted by molar-refractivity contribution is 5.84. The Hall–Kier alpha value is -1.84. The molecule has 1 aromatic carbocycles. The van der Waals surface area contributed by atoms with E-state index < -0.39 is 0 Å². The van der Waals surface area contributed by atoms with Crippen molar-refractivity contribution in [2.45, 2.75) is 13.8 Å². The van der Waals surface area contributed by atoms with Crippen LogP contribution in [-0.4, -0.2) is 23.7 Å². The molecule has 2 rings (SSSR count). The molecule has 0 aliphatic rings. The van der Waals surface area contributed by atoms with E-state index >= 15 is 0 Å². The molecule has 16 heavy (non-hydrogen) atoms. The molecule has 4 nitrogen and oxygen atoms in total. The molecule has 0 fully saturated rings. The zero-order valence-corrected chi connectivity index (χ0v) is 9.65. The highest BCUT2D eigenvalue weighted by Crippen LogP contribution is 2.25. The summed E-state index contributed by atoms with van der Waals surface area (Å²) < 4.78 is 10.5. The lowest BCUT2D eigenvalue weighted by Crippen LogP contribution is -2.00. The summed E-state index contributed by atoms with van der Waals surface area (Å²) in [6, 6.07) is 6.31. The lowest BCUT2D eigenvalue weighted by atomic mass is 10.2. The van der Waals surface area contributed by atoms with Crippen molar-refractivity contribution in [3.05, 3.63) is 23.8 Å². The maximum Gasteiger partial charge on any atom is 0.320 e. The minimum atomic E-state index is 0.359. The van der Waals surface area contributed by atoms with Gasteiger partial charge in [-0.15, -0.1) is 0 Å². The summed E-state index contributed by atoms with van der Waals surface area (Å²) in [7, 11) is 1.59. The fourth-order valence-corrected chi connectivity index (χ4v) is 1.54. The molecule has 0 atom stereocenters. The van der Waals surface area contributed by atoms with Crippen molar-refractivity contribution in [1.82, 2.24) is 9.97 Å². The summed E-state index contributed by atoms with van der Waals surface area (Å²) in [6.45, 7) is 4.46. The Morgan fingerprint density at radius 3 is 2.75 bits per heavy atom. The molecule has 1 aromatic heterocycles. The average molecular weight is 218 g/mol. The Morgan fingerprint density at radius 1 is 1.25 bits per heavy atom. The number of hydrogen-bond donors (Lipinski definition) is 0. The fraction of sp³-hybridized carbons (Fsp3) is 0.333. The first-order chi connectivity index (χ1) is 7.74. The Morgan fingerprint density at radius 2 is 2.06 bits per heavy atom. The number of benzene rings is 1. The second-order valence-electron chi connectivity index (χ2n) is 3.47. The molecule has 0 aliphatic heterocycles. The van der Waals surface area contributed by atoms with E-state index in [-0.39, 0.29) is 0 Å². The number of hydrogen-bond acceptors (Lipinski definition) is 4. The molecule has 0 saturated carbocycles. The van der Waals surface area contributed by atoms with Crippen molar-refractivity contribution in [2.24, 2.45) is 0 Å². The van der Waals surface area contributed by atoms with Crippen LogP contribution in [0, 0.1) is 6.92 Å². The summed E-state index contributed by atoms with van der Waals surface area (Å²) in [5.41, 5.74) is 1.99. The van der Waals surface area contributed by atoms with Crippen molar-refractivity contribution in [3.63, 3.8) is 0 Å². The first-order valence-corrected chi connectivity index (χ1v) is 5.19. The quantitative estimate of drug-likeness (QED) is 0.793. The van der Waals surface area contributed by atoms with Crippen molar-refractivity contribution in [3.8, 4) is 11.9 Å². The van der Waals surface area contributed by atoms with Gasteiger partial charge in [0, 0.05) is 0 Å². The Kier molecular flexibility index (Phi) is 2.90. The minimum Gasteiger partial charge on any atom is -0.480 e. The molecule has 0 spiro atoms. The molecular weight excluding hydrogens is 204 g/mol. The molecule has 4 heteroatoms. The van der Waals surface area contributed by atoms with E-state index in [1.807, 2.05) is 32.0 Å². The lowest BCUT2D eigenvalue weighted by molar-refractivity contribution is 0.305. The molecule has 0 unspecified atom stereocenters. The van der Waals surface area contributed by atoms with Crippen LogP contribution in [-0.2, 0) is 0 Å². The van der Waals surface area contributed by atoms with E-state index in [0.717, 1.165) is 16.5 Å². The van der Waals surface area contributed by atoms with Gasteiger partial charge >= 0.3 is 6.01 Å². The third kappa shape index (κ3) is 1.91. The summed E-state index contributed by atoms with van der Waals surface area (Å²) in [5, 5.41) is 0.900. The molecule has 0 N–H and O–H groups in total. The Bertz CT molecular complexity index is 512. The average Bonchev–Trinajstić information content (AvgIpc) is 2.27. The second kappa shape index (κ2) is 4.35. The van der Waals surface area contributed by atoms with Crippen LogP contribution in [0.5, 0.6) is 11.9 Å². The van der Waals surface area contributed by atoms with Crippen molar-refractivity contribution in [1.29, 1.82) is 0 Å². The van der Waals surface area contributed by atoms with E-state index in [9.17, 15) is 0 Å². The molecule has 84 valence electrons. The van der Waals surface area contributed by atoms with Crippen LogP contribution in [0.4, 0.5) is 0 Å². The van der Waals surface area contributed by atoms with Crippen LogP contribution >= 0.6 is 0 Å². The van der Waals surface area contributed by atoms with Crippen molar-refractivity contribution < 1.29 is 9.47 Å². The normalized spacial score (nSPS) is 10.4. The molecular formula is C12H14N2O2. The molecule has 0 radical (unpaired) electrons. The van der Waals surface area contributed by atoms with Gasteiger partial charge in [0.1, 0.15) is 0 Å². The van der Waals surface area contributed by atoms with Crippen LogP contribution < -0.4 is 9.47 Å². The molecule has 0 aliphatic carbocycles. The highest BCUT2D eigenvalue weighted by atomic mass is 16.5. The largest absolute Gasteiger partial charge is 0.480 e. The van der Waals surface area contributed by atoms with E-state index in [1.54, 1.807) is 7.11 Å². The van der Waals surface area contributed by atoms with Crippen LogP contribution in [0.25, 0.3) is 10.9 Å². The van der Waals surface area contributed by atoms with E-state index in [4.69, 9.17) is 9.47 Å². The summed E-state index contributed by atoms with van der Waals surface area (Å²) in [4.78, 5) is 8.50. The molecule has 0 saturated heterocycles. The lowest BCUT2D eigenvalue weighted by Gasteiger charge is -2.07. The molecule has 1 heterocycles. The number of nitrogens with zero attached hydrogens (tertiary/aromatic N) is 2. The molecule has 0 amide bonds. The standard InChI is InChI=1S/C12H14N2O2/c1-4-16-12-13-10-7-8(2)5-6-9(10)11(14-12)15-3/h5-7H,4H2,1-3H3. The monoisotopic (exact) mass is 218 g/mol. The van der Waals surface area contributed by atoms with Crippen molar-refractivity contribution >= 4 is 10.9 Å². The number of fused-ring (bicyclic) bond motifs is 1. The van der Waals surface area contributed by atoms with Crippen molar-refractivity contribution in [2.75, 3.05) is 13.7 Å². The zero-order chi connectivity index (χ0) is 11.5. The number of aryl methyl sites for hydroxylation is 1. The fourth-order valence-electron chi connectivity index (χ4n) is 1.54. The number of aromatic nitrogens is 2. The maximum absolute atomic E-state index is 5.29. The maximum atomic E-state index is 5.29. The smallest absolute Gasteiger partial charge is 0.320 e. The van der Waals surface area contributed by atoms with Crippen LogP contribution in [0.2, 0.25) is 0 Å². The van der Waals surface area contributed by atoms with E-state index in [1.165, 1.54) is 0 Å². The van der Waals surface area contributed by atoms with Gasteiger partial charge < -0.3 is 9.47 Å². The predicted octanol–water partition coefficient (Wildman–Crippen LogP) is 2.35. The third-order valence-corrected chi connectivity index (χ3v) is 2.26. The van der Waals surface area contributed by atoms with Gasteiger partial charge in [0.25, 0.3) is 0 Å². The number of rotatable bonds is 3. The SMILES string of the molecule is CCOc1nc(OC)c2ccc(C)cc2n1. The number of methoxy groups -OCH3 is 1. The molecule has 0 bridgehead atoms. The second-order valence-corrected chi connectivity index (χ2v) is 3.47. The van der Waals surface area contributed by atoms with Gasteiger partial charge in [0.05, 0.1) is 24.6 Å².